The molecule has 0 saturated carbocycles. The monoisotopic (exact) mass is 670 g/mol. The van der Waals surface area contributed by atoms with E-state index in [4.69, 9.17) is 39.5 Å². The Balaban J connectivity index is 1.39. The molecule has 2 fully saturated rings. The lowest BCUT2D eigenvalue weighted by atomic mass is 9.91. The van der Waals surface area contributed by atoms with Crippen LogP contribution < -0.4 is 5.32 Å². The molecule has 44 heavy (non-hydrogen) atoms. The number of H-pyrrole nitrogens is 1. The van der Waals surface area contributed by atoms with Crippen molar-refractivity contribution in [3.05, 3.63) is 99.1 Å². The summed E-state index contributed by atoms with van der Waals surface area (Å²) in [7, 11) is 0. The van der Waals surface area contributed by atoms with Gasteiger partial charge in [0.25, 0.3) is 0 Å². The van der Waals surface area contributed by atoms with Crippen LogP contribution in [0.2, 0.25) is 15.1 Å². The fourth-order valence-corrected chi connectivity index (χ4v) is 7.93. The van der Waals surface area contributed by atoms with E-state index < -0.39 is 10.8 Å². The number of thioether (sulfide) groups is 1. The van der Waals surface area contributed by atoms with E-state index in [9.17, 15) is 9.59 Å². The highest BCUT2D eigenvalue weighted by Gasteiger charge is 2.58. The summed E-state index contributed by atoms with van der Waals surface area (Å²) in [6.07, 6.45) is 2.74. The lowest BCUT2D eigenvalue weighted by Crippen LogP contribution is -2.48. The molecular weight excluding hydrogens is 639 g/mol. The second-order valence-corrected chi connectivity index (χ2v) is 13.9. The molecule has 2 N–H and O–H groups in total. The fraction of sp³-hybridized carbons (Fsp3) is 0.333. The van der Waals surface area contributed by atoms with E-state index >= 15 is 0 Å². The molecule has 1 aromatic heterocycles. The zero-order chi connectivity index (χ0) is 30.7. The number of rotatable bonds is 10. The second-order valence-electron chi connectivity index (χ2n) is 11.2. The van der Waals surface area contributed by atoms with E-state index in [1.165, 1.54) is 11.8 Å². The number of carbonyl (C=O) groups is 2. The Morgan fingerprint density at radius 2 is 1.66 bits per heavy atom. The number of ether oxygens (including phenoxy) is 1. The zero-order valence-corrected chi connectivity index (χ0v) is 27.1. The first kappa shape index (κ1) is 31.3. The van der Waals surface area contributed by atoms with Gasteiger partial charge in [0.2, 0.25) is 11.8 Å². The molecule has 2 atom stereocenters. The fourth-order valence-electron chi connectivity index (χ4n) is 6.09. The van der Waals surface area contributed by atoms with Crippen LogP contribution in [-0.4, -0.2) is 70.7 Å². The topological polar surface area (TPSA) is 77.7 Å². The Morgan fingerprint density at radius 1 is 0.977 bits per heavy atom. The average molecular weight is 672 g/mol. The number of amides is 2. The van der Waals surface area contributed by atoms with Gasteiger partial charge in [-0.3, -0.25) is 14.5 Å². The summed E-state index contributed by atoms with van der Waals surface area (Å²) in [6.45, 7) is 4.95. The van der Waals surface area contributed by atoms with E-state index in [0.29, 0.717) is 28.2 Å². The molecule has 6 rings (SSSR count). The third-order valence-electron chi connectivity index (χ3n) is 8.26. The average Bonchev–Trinajstić information content (AvgIpc) is 3.55. The van der Waals surface area contributed by atoms with Crippen LogP contribution in [0.25, 0.3) is 10.9 Å². The SMILES string of the molecule is O=C1C[C@@](Sc2ccc(Cl)cc2)(C(=O)NCCCN2CCOCC2)[C@H](c2c[nH]c3cc(Cl)ccc23)N1Cc1ccc(Cl)cc1. The Hall–Kier alpha value is -2.72. The molecule has 0 radical (unpaired) electrons. The summed E-state index contributed by atoms with van der Waals surface area (Å²) < 4.78 is 4.30. The molecular formula is C33H33Cl3N4O3S. The van der Waals surface area contributed by atoms with Crippen molar-refractivity contribution in [1.29, 1.82) is 0 Å². The van der Waals surface area contributed by atoms with Gasteiger partial charge in [0.15, 0.2) is 0 Å². The van der Waals surface area contributed by atoms with Crippen molar-refractivity contribution in [3.8, 4) is 0 Å². The van der Waals surface area contributed by atoms with Crippen molar-refractivity contribution in [2.24, 2.45) is 0 Å². The molecule has 2 amide bonds. The van der Waals surface area contributed by atoms with Crippen LogP contribution >= 0.6 is 46.6 Å². The van der Waals surface area contributed by atoms with Gasteiger partial charge in [0.1, 0.15) is 4.75 Å². The van der Waals surface area contributed by atoms with Crippen molar-refractivity contribution in [2.75, 3.05) is 39.4 Å². The maximum atomic E-state index is 14.6. The summed E-state index contributed by atoms with van der Waals surface area (Å²) in [4.78, 5) is 37.0. The van der Waals surface area contributed by atoms with Crippen LogP contribution in [0.5, 0.6) is 0 Å². The van der Waals surface area contributed by atoms with Crippen LogP contribution in [-0.2, 0) is 20.9 Å². The van der Waals surface area contributed by atoms with Gasteiger partial charge in [0.05, 0.1) is 25.7 Å². The molecule has 2 aliphatic heterocycles. The molecule has 2 saturated heterocycles. The van der Waals surface area contributed by atoms with Crippen LogP contribution in [0.1, 0.15) is 30.0 Å². The summed E-state index contributed by atoms with van der Waals surface area (Å²) in [5.74, 6) is -0.266. The largest absolute Gasteiger partial charge is 0.379 e. The van der Waals surface area contributed by atoms with Gasteiger partial charge >= 0.3 is 0 Å². The number of morpholine rings is 1. The highest BCUT2D eigenvalue weighted by Crippen LogP contribution is 2.54. The van der Waals surface area contributed by atoms with Gasteiger partial charge in [-0.2, -0.15) is 0 Å². The molecule has 0 unspecified atom stereocenters. The van der Waals surface area contributed by atoms with Gasteiger partial charge in [-0.05, 0) is 67.1 Å². The van der Waals surface area contributed by atoms with Gasteiger partial charge in [-0.15, -0.1) is 11.8 Å². The lowest BCUT2D eigenvalue weighted by Gasteiger charge is -2.36. The third-order valence-corrected chi connectivity index (χ3v) is 10.4. The molecule has 0 aliphatic carbocycles. The van der Waals surface area contributed by atoms with Gasteiger partial charge in [-0.25, -0.2) is 0 Å². The predicted octanol–water partition coefficient (Wildman–Crippen LogP) is 6.97. The standard InChI is InChI=1S/C33H33Cl3N4O3S/c34-23-4-2-22(3-5-23)21-40-30(41)19-33(44-26-9-6-24(35)7-10-26,32(42)37-12-1-13-39-14-16-43-17-15-39)31(40)28-20-38-29-18-25(36)8-11-27(28)29/h2-11,18,20,31,38H,1,12-17,19,21H2,(H,37,42)/t31-,33-/m0/s1. The van der Waals surface area contributed by atoms with Gasteiger partial charge in [0, 0.05) is 68.8 Å². The van der Waals surface area contributed by atoms with Crippen LogP contribution in [0.4, 0.5) is 0 Å². The number of carbonyl (C=O) groups excluding carboxylic acids is 2. The number of aromatic nitrogens is 1. The van der Waals surface area contributed by atoms with Crippen LogP contribution in [0.3, 0.4) is 0 Å². The third kappa shape index (κ3) is 6.76. The normalized spacial score (nSPS) is 20.8. The highest BCUT2D eigenvalue weighted by atomic mass is 35.5. The van der Waals surface area contributed by atoms with Crippen molar-refractivity contribution in [2.45, 2.75) is 35.1 Å². The molecule has 3 aromatic carbocycles. The minimum absolute atomic E-state index is 0.0358. The minimum atomic E-state index is -1.16. The number of nitrogens with zero attached hydrogens (tertiary/aromatic N) is 2. The summed E-state index contributed by atoms with van der Waals surface area (Å²) in [5.41, 5.74) is 2.63. The summed E-state index contributed by atoms with van der Waals surface area (Å²) in [6, 6.07) is 19.9. The number of benzene rings is 3. The van der Waals surface area contributed by atoms with Crippen molar-refractivity contribution >= 4 is 69.3 Å². The van der Waals surface area contributed by atoms with Gasteiger partial charge < -0.3 is 19.9 Å². The number of hydrogen-bond acceptors (Lipinski definition) is 5. The highest BCUT2D eigenvalue weighted by molar-refractivity contribution is 8.01. The summed E-state index contributed by atoms with van der Waals surface area (Å²) in [5, 5.41) is 5.97. The van der Waals surface area contributed by atoms with Crippen molar-refractivity contribution < 1.29 is 14.3 Å². The number of aromatic amines is 1. The summed E-state index contributed by atoms with van der Waals surface area (Å²) >= 11 is 20.1. The molecule has 11 heteroatoms. The van der Waals surface area contributed by atoms with E-state index in [1.54, 1.807) is 0 Å². The Labute approximate surface area is 276 Å². The molecule has 0 bridgehead atoms. The molecule has 0 spiro atoms. The van der Waals surface area contributed by atoms with E-state index in [2.05, 4.69) is 15.2 Å². The van der Waals surface area contributed by atoms with E-state index in [-0.39, 0.29) is 18.2 Å². The molecule has 7 nitrogen and oxygen atoms in total. The van der Waals surface area contributed by atoms with Gasteiger partial charge in [-0.1, -0.05) is 53.0 Å². The quantitative estimate of drug-likeness (QED) is 0.178. The Bertz CT molecular complexity index is 1630. The second kappa shape index (κ2) is 13.7. The first-order valence-corrected chi connectivity index (χ1v) is 16.6. The molecule has 3 heterocycles. The number of likely N-dealkylation sites (tertiary alicyclic amines) is 1. The zero-order valence-electron chi connectivity index (χ0n) is 24.0. The number of nitrogens with one attached hydrogen (secondary N) is 2. The number of hydrogen-bond donors (Lipinski definition) is 2. The van der Waals surface area contributed by atoms with Crippen molar-refractivity contribution in [1.82, 2.24) is 20.1 Å². The van der Waals surface area contributed by atoms with E-state index in [0.717, 1.165) is 66.2 Å². The van der Waals surface area contributed by atoms with Crippen LogP contribution in [0, 0.1) is 0 Å². The minimum Gasteiger partial charge on any atom is -0.379 e. The van der Waals surface area contributed by atoms with Crippen LogP contribution in [0.15, 0.2) is 77.8 Å². The lowest BCUT2D eigenvalue weighted by molar-refractivity contribution is -0.129. The smallest absolute Gasteiger partial charge is 0.239 e. The predicted molar refractivity (Wildman–Crippen MR) is 178 cm³/mol. The van der Waals surface area contributed by atoms with Crippen molar-refractivity contribution in [3.63, 3.8) is 0 Å². The Morgan fingerprint density at radius 3 is 2.39 bits per heavy atom. The maximum absolute atomic E-state index is 14.6. The first-order chi connectivity index (χ1) is 21.3. The first-order valence-electron chi connectivity index (χ1n) is 14.7. The number of halogens is 3. The number of fused-ring (bicyclic) bond motifs is 1. The molecule has 230 valence electrons. The maximum Gasteiger partial charge on any atom is 0.239 e. The molecule has 4 aromatic rings. The van der Waals surface area contributed by atoms with E-state index in [1.807, 2.05) is 77.8 Å². The Kier molecular flexibility index (Phi) is 9.76. The molecule has 2 aliphatic rings.